The second-order valence-corrected chi connectivity index (χ2v) is 8.17. The lowest BCUT2D eigenvalue weighted by molar-refractivity contribution is 0.00761. The van der Waals surface area contributed by atoms with Crippen LogP contribution in [-0.2, 0) is 4.74 Å². The molecule has 1 aromatic heterocycles. The maximum atomic E-state index is 5.52. The van der Waals surface area contributed by atoms with Crippen LogP contribution >= 0.6 is 22.6 Å². The number of fused-ring (bicyclic) bond motifs is 1. The molecule has 2 heterocycles. The van der Waals surface area contributed by atoms with Crippen LogP contribution < -0.4 is 0 Å². The van der Waals surface area contributed by atoms with Gasteiger partial charge in [-0.2, -0.15) is 5.10 Å². The van der Waals surface area contributed by atoms with E-state index in [1.54, 1.807) is 0 Å². The molecule has 2 bridgehead atoms. The first-order chi connectivity index (χ1) is 10.1. The van der Waals surface area contributed by atoms with Crippen LogP contribution in [-0.4, -0.2) is 47.0 Å². The molecule has 1 saturated heterocycles. The molecule has 21 heavy (non-hydrogen) atoms. The summed E-state index contributed by atoms with van der Waals surface area (Å²) in [5.74, 6) is 2.47. The average Bonchev–Trinajstić information content (AvgIpc) is 3.12. The van der Waals surface area contributed by atoms with E-state index in [1.807, 2.05) is 0 Å². The summed E-state index contributed by atoms with van der Waals surface area (Å²) in [6, 6.07) is 3.58. The molecule has 116 valence electrons. The summed E-state index contributed by atoms with van der Waals surface area (Å²) in [5.41, 5.74) is 1.49. The summed E-state index contributed by atoms with van der Waals surface area (Å²) in [6.45, 7) is 8.57. The Labute approximate surface area is 140 Å². The summed E-state index contributed by atoms with van der Waals surface area (Å²) in [7, 11) is 0. The third kappa shape index (κ3) is 2.36. The number of rotatable bonds is 3. The van der Waals surface area contributed by atoms with Crippen molar-refractivity contribution in [1.29, 1.82) is 0 Å². The Morgan fingerprint density at radius 2 is 2.05 bits per heavy atom. The van der Waals surface area contributed by atoms with E-state index in [0.29, 0.717) is 6.04 Å². The molecule has 4 nitrogen and oxygen atoms in total. The van der Waals surface area contributed by atoms with E-state index in [1.165, 1.54) is 18.5 Å². The van der Waals surface area contributed by atoms with E-state index in [-0.39, 0.29) is 0 Å². The van der Waals surface area contributed by atoms with Crippen LogP contribution in [0.5, 0.6) is 0 Å². The van der Waals surface area contributed by atoms with Crippen LogP contribution in [0.3, 0.4) is 0 Å². The van der Waals surface area contributed by atoms with Gasteiger partial charge in [0.2, 0.25) is 0 Å². The molecule has 1 unspecified atom stereocenters. The van der Waals surface area contributed by atoms with Crippen LogP contribution in [0.1, 0.15) is 44.3 Å². The zero-order chi connectivity index (χ0) is 14.6. The molecule has 3 aliphatic carbocycles. The van der Waals surface area contributed by atoms with Crippen molar-refractivity contribution in [3.63, 3.8) is 0 Å². The zero-order valence-electron chi connectivity index (χ0n) is 12.8. The number of hydrogen-bond acceptors (Lipinski definition) is 3. The quantitative estimate of drug-likeness (QED) is 0.730. The van der Waals surface area contributed by atoms with Crippen molar-refractivity contribution in [2.75, 3.05) is 26.3 Å². The van der Waals surface area contributed by atoms with Gasteiger partial charge in [0, 0.05) is 36.8 Å². The molecule has 4 atom stereocenters. The maximum absolute atomic E-state index is 5.52. The average molecular weight is 401 g/mol. The highest BCUT2D eigenvalue weighted by molar-refractivity contribution is 14.1. The lowest BCUT2D eigenvalue weighted by atomic mass is 9.70. The van der Waals surface area contributed by atoms with Gasteiger partial charge in [0.15, 0.2) is 0 Å². The molecule has 0 spiro atoms. The first kappa shape index (κ1) is 14.5. The highest BCUT2D eigenvalue weighted by Crippen LogP contribution is 2.60. The van der Waals surface area contributed by atoms with Crippen molar-refractivity contribution in [2.45, 2.75) is 44.7 Å². The largest absolute Gasteiger partial charge is 0.379 e. The van der Waals surface area contributed by atoms with Gasteiger partial charge in [0.05, 0.1) is 13.2 Å². The lowest BCUT2D eigenvalue weighted by Crippen LogP contribution is -2.45. The zero-order valence-corrected chi connectivity index (χ0v) is 15.0. The standard InChI is InChI=1S/C16H24IN3O/c1-10(2)20-14(9-15(17)18-20)16-11-7-12(16)13(8-11)19-3-5-21-6-4-19/h9-13,16H,3-8H2,1-2H3/t11-,12?,13+,16-/m0/s1. The van der Waals surface area contributed by atoms with Crippen molar-refractivity contribution in [1.82, 2.24) is 14.7 Å². The number of ether oxygens (including phenoxy) is 1. The van der Waals surface area contributed by atoms with Crippen molar-refractivity contribution < 1.29 is 4.74 Å². The summed E-state index contributed by atoms with van der Waals surface area (Å²) in [4.78, 5) is 2.69. The molecular formula is C16H24IN3O. The SMILES string of the molecule is CC(C)n1nc(I)cc1[C@@H]1C2C[C@H]1C[C@H]2N1CCOCC1. The molecule has 4 aliphatic rings. The minimum absolute atomic E-state index is 0.463. The van der Waals surface area contributed by atoms with Crippen LogP contribution in [0.4, 0.5) is 0 Å². The van der Waals surface area contributed by atoms with Gasteiger partial charge in [-0.25, -0.2) is 0 Å². The predicted octanol–water partition coefficient (Wildman–Crippen LogP) is 2.89. The predicted molar refractivity (Wildman–Crippen MR) is 90.5 cm³/mol. The third-order valence-corrected chi connectivity index (χ3v) is 6.19. The van der Waals surface area contributed by atoms with Crippen molar-refractivity contribution in [3.05, 3.63) is 15.5 Å². The number of nitrogens with zero attached hydrogens (tertiary/aromatic N) is 3. The first-order valence-electron chi connectivity index (χ1n) is 8.22. The van der Waals surface area contributed by atoms with Crippen LogP contribution in [0.15, 0.2) is 6.07 Å². The fourth-order valence-corrected chi connectivity index (χ4v) is 5.30. The van der Waals surface area contributed by atoms with Gasteiger partial charge in [-0.1, -0.05) is 0 Å². The van der Waals surface area contributed by atoms with Crippen molar-refractivity contribution in [2.24, 2.45) is 11.8 Å². The van der Waals surface area contributed by atoms with Crippen LogP contribution in [0, 0.1) is 15.5 Å². The number of morpholine rings is 1. The molecule has 0 amide bonds. The van der Waals surface area contributed by atoms with Gasteiger partial charge < -0.3 is 4.74 Å². The Hall–Kier alpha value is -0.140. The van der Waals surface area contributed by atoms with Crippen molar-refractivity contribution in [3.8, 4) is 0 Å². The number of halogens is 1. The normalized spacial score (nSPS) is 36.2. The molecule has 0 N–H and O–H groups in total. The molecule has 5 rings (SSSR count). The maximum Gasteiger partial charge on any atom is 0.123 e. The Morgan fingerprint density at radius 3 is 2.76 bits per heavy atom. The lowest BCUT2D eigenvalue weighted by Gasteiger charge is -2.40. The Bertz CT molecular complexity index is 524. The monoisotopic (exact) mass is 401 g/mol. The van der Waals surface area contributed by atoms with E-state index < -0.39 is 0 Å². The molecular weight excluding hydrogens is 377 g/mol. The molecule has 5 heteroatoms. The second-order valence-electron chi connectivity index (χ2n) is 7.07. The minimum atomic E-state index is 0.463. The first-order valence-corrected chi connectivity index (χ1v) is 9.29. The smallest absolute Gasteiger partial charge is 0.123 e. The number of hydrogen-bond donors (Lipinski definition) is 0. The molecule has 4 fully saturated rings. The van der Waals surface area contributed by atoms with Gasteiger partial charge in [0.1, 0.15) is 3.70 Å². The van der Waals surface area contributed by atoms with E-state index >= 15 is 0 Å². The summed E-state index contributed by atoms with van der Waals surface area (Å²) >= 11 is 2.36. The molecule has 1 aromatic rings. The van der Waals surface area contributed by atoms with E-state index in [4.69, 9.17) is 9.84 Å². The van der Waals surface area contributed by atoms with Gasteiger partial charge in [-0.3, -0.25) is 9.58 Å². The van der Waals surface area contributed by atoms with Gasteiger partial charge >= 0.3 is 0 Å². The molecule has 3 saturated carbocycles. The second kappa shape index (κ2) is 5.49. The summed E-state index contributed by atoms with van der Waals surface area (Å²) in [5, 5.41) is 4.72. The van der Waals surface area contributed by atoms with E-state index in [9.17, 15) is 0 Å². The Balaban J connectivity index is 1.56. The fraction of sp³-hybridized carbons (Fsp3) is 0.812. The van der Waals surface area contributed by atoms with Gasteiger partial charge in [-0.15, -0.1) is 0 Å². The summed E-state index contributed by atoms with van der Waals surface area (Å²) < 4.78 is 8.93. The molecule has 0 aromatic carbocycles. The number of aromatic nitrogens is 2. The summed E-state index contributed by atoms with van der Waals surface area (Å²) in [6.07, 6.45) is 2.81. The minimum Gasteiger partial charge on any atom is -0.379 e. The Kier molecular flexibility index (Phi) is 3.78. The molecule has 1 aliphatic heterocycles. The van der Waals surface area contributed by atoms with Gasteiger partial charge in [0.25, 0.3) is 0 Å². The topological polar surface area (TPSA) is 30.3 Å². The highest BCUT2D eigenvalue weighted by atomic mass is 127. The third-order valence-electron chi connectivity index (χ3n) is 5.66. The van der Waals surface area contributed by atoms with Crippen LogP contribution in [0.25, 0.3) is 0 Å². The van der Waals surface area contributed by atoms with E-state index in [2.05, 4.69) is 52.1 Å². The van der Waals surface area contributed by atoms with Crippen molar-refractivity contribution >= 4 is 22.6 Å². The van der Waals surface area contributed by atoms with Crippen LogP contribution in [0.2, 0.25) is 0 Å². The van der Waals surface area contributed by atoms with Gasteiger partial charge in [-0.05, 0) is 67.2 Å². The Morgan fingerprint density at radius 1 is 1.29 bits per heavy atom. The highest BCUT2D eigenvalue weighted by Gasteiger charge is 2.56. The fourth-order valence-electron chi connectivity index (χ4n) is 4.75. The molecule has 0 radical (unpaired) electrons. The van der Waals surface area contributed by atoms with E-state index in [0.717, 1.165) is 53.8 Å².